The number of hydrogen-bond donors (Lipinski definition) is 0. The monoisotopic (exact) mass is 319 g/mol. The summed E-state index contributed by atoms with van der Waals surface area (Å²) >= 11 is 0. The second kappa shape index (κ2) is 4.71. The van der Waals surface area contributed by atoms with E-state index in [1.165, 1.54) is 27.6 Å². The third kappa shape index (κ3) is 1.74. The highest BCUT2D eigenvalue weighted by molar-refractivity contribution is 5.86. The molecule has 2 aliphatic rings. The Labute approximate surface area is 141 Å². The molecule has 1 fully saturated rings. The van der Waals surface area contributed by atoms with Crippen LogP contribution in [-0.2, 0) is 21.8 Å². The minimum atomic E-state index is -0.770. The van der Waals surface area contributed by atoms with Gasteiger partial charge in [-0.1, -0.05) is 41.5 Å². The van der Waals surface area contributed by atoms with Crippen LogP contribution in [0.25, 0.3) is 10.9 Å². The summed E-state index contributed by atoms with van der Waals surface area (Å²) in [6, 6.07) is 15.2. The zero-order chi connectivity index (χ0) is 16.5. The molecule has 3 heterocycles. The van der Waals surface area contributed by atoms with Crippen molar-refractivity contribution in [3.05, 3.63) is 70.4 Å². The summed E-state index contributed by atoms with van der Waals surface area (Å²) in [5, 5.41) is 1.30. The normalized spacial score (nSPS) is 25.2. The molecule has 1 aromatic heterocycles. The summed E-state index contributed by atoms with van der Waals surface area (Å²) in [7, 11) is 0. The average Bonchev–Trinajstić information content (AvgIpc) is 3.06. The highest BCUT2D eigenvalue weighted by Gasteiger charge is 2.51. The SMILES string of the molecule is Cc1ccc(C23OCC(Cn4c2c(C)c2cc(C)ccc24)O3)cc1. The number of nitrogens with zero attached hydrogens (tertiary/aromatic N) is 1. The van der Waals surface area contributed by atoms with Crippen molar-refractivity contribution >= 4 is 10.9 Å². The first kappa shape index (κ1) is 14.3. The lowest BCUT2D eigenvalue weighted by Gasteiger charge is -2.34. The molecule has 2 atom stereocenters. The highest BCUT2D eigenvalue weighted by atomic mass is 16.7. The number of aryl methyl sites for hydroxylation is 3. The van der Waals surface area contributed by atoms with Crippen molar-refractivity contribution in [3.8, 4) is 0 Å². The van der Waals surface area contributed by atoms with Crippen molar-refractivity contribution in [2.24, 2.45) is 0 Å². The van der Waals surface area contributed by atoms with Gasteiger partial charge in [0, 0.05) is 16.5 Å². The number of ether oxygens (including phenoxy) is 2. The van der Waals surface area contributed by atoms with Crippen LogP contribution in [0.4, 0.5) is 0 Å². The molecule has 0 amide bonds. The number of fused-ring (bicyclic) bond motifs is 6. The first-order valence-electron chi connectivity index (χ1n) is 8.57. The Morgan fingerprint density at radius 3 is 2.54 bits per heavy atom. The van der Waals surface area contributed by atoms with E-state index in [4.69, 9.17) is 9.47 Å². The van der Waals surface area contributed by atoms with E-state index in [1.54, 1.807) is 0 Å². The molecule has 5 rings (SSSR count). The number of rotatable bonds is 1. The summed E-state index contributed by atoms with van der Waals surface area (Å²) in [4.78, 5) is 0. The summed E-state index contributed by atoms with van der Waals surface area (Å²) in [6.45, 7) is 7.94. The molecule has 1 saturated heterocycles. The molecule has 3 heteroatoms. The van der Waals surface area contributed by atoms with Crippen LogP contribution in [0, 0.1) is 20.8 Å². The summed E-state index contributed by atoms with van der Waals surface area (Å²) < 4.78 is 15.2. The minimum Gasteiger partial charge on any atom is -0.338 e. The van der Waals surface area contributed by atoms with Gasteiger partial charge in [-0.3, -0.25) is 0 Å². The van der Waals surface area contributed by atoms with Gasteiger partial charge in [0.25, 0.3) is 0 Å². The van der Waals surface area contributed by atoms with E-state index in [2.05, 4.69) is 67.8 Å². The van der Waals surface area contributed by atoms with Gasteiger partial charge in [-0.15, -0.1) is 0 Å². The Kier molecular flexibility index (Phi) is 2.80. The fourth-order valence-corrected chi connectivity index (χ4v) is 4.24. The second-order valence-corrected chi connectivity index (χ2v) is 7.14. The van der Waals surface area contributed by atoms with Crippen LogP contribution in [0.5, 0.6) is 0 Å². The summed E-state index contributed by atoms with van der Waals surface area (Å²) in [5.41, 5.74) is 7.30. The molecule has 0 spiro atoms. The van der Waals surface area contributed by atoms with E-state index in [0.29, 0.717) is 6.61 Å². The molecule has 2 bridgehead atoms. The van der Waals surface area contributed by atoms with Crippen LogP contribution in [0.3, 0.4) is 0 Å². The minimum absolute atomic E-state index is 0.107. The first-order chi connectivity index (χ1) is 11.6. The zero-order valence-electron chi connectivity index (χ0n) is 14.3. The van der Waals surface area contributed by atoms with Crippen molar-refractivity contribution in [1.82, 2.24) is 4.57 Å². The van der Waals surface area contributed by atoms with Crippen LogP contribution in [0.15, 0.2) is 42.5 Å². The van der Waals surface area contributed by atoms with Crippen LogP contribution in [-0.4, -0.2) is 17.3 Å². The van der Waals surface area contributed by atoms with Crippen LogP contribution < -0.4 is 0 Å². The molecule has 3 aromatic rings. The Bertz CT molecular complexity index is 954. The predicted molar refractivity (Wildman–Crippen MR) is 94.2 cm³/mol. The molecule has 2 aliphatic heterocycles. The van der Waals surface area contributed by atoms with Gasteiger partial charge >= 0.3 is 0 Å². The predicted octanol–water partition coefficient (Wildman–Crippen LogP) is 4.20. The number of benzene rings is 2. The zero-order valence-corrected chi connectivity index (χ0v) is 14.3. The third-order valence-electron chi connectivity index (χ3n) is 5.41. The third-order valence-corrected chi connectivity index (χ3v) is 5.41. The van der Waals surface area contributed by atoms with E-state index in [1.807, 2.05) is 0 Å². The molecule has 0 saturated carbocycles. The number of hydrogen-bond acceptors (Lipinski definition) is 2. The maximum Gasteiger partial charge on any atom is 0.238 e. The van der Waals surface area contributed by atoms with Gasteiger partial charge in [0.05, 0.1) is 18.8 Å². The maximum atomic E-state index is 6.43. The van der Waals surface area contributed by atoms with E-state index in [9.17, 15) is 0 Å². The van der Waals surface area contributed by atoms with Crippen molar-refractivity contribution in [3.63, 3.8) is 0 Å². The molecular weight excluding hydrogens is 298 g/mol. The molecule has 2 unspecified atom stereocenters. The molecule has 0 N–H and O–H groups in total. The standard InChI is InChI=1S/C21H21NO2/c1-13-4-7-16(8-5-13)21-20-15(3)18-10-14(2)6-9-19(18)22(20)11-17(24-21)12-23-21/h4-10,17H,11-12H2,1-3H3. The lowest BCUT2D eigenvalue weighted by atomic mass is 9.97. The Morgan fingerprint density at radius 2 is 1.75 bits per heavy atom. The van der Waals surface area contributed by atoms with Gasteiger partial charge in [-0.2, -0.15) is 0 Å². The van der Waals surface area contributed by atoms with Gasteiger partial charge < -0.3 is 14.0 Å². The number of aromatic nitrogens is 1. The second-order valence-electron chi connectivity index (χ2n) is 7.14. The van der Waals surface area contributed by atoms with Crippen molar-refractivity contribution < 1.29 is 9.47 Å². The van der Waals surface area contributed by atoms with Gasteiger partial charge in [0.2, 0.25) is 5.79 Å². The van der Waals surface area contributed by atoms with E-state index in [-0.39, 0.29) is 6.10 Å². The fraction of sp³-hybridized carbons (Fsp3) is 0.333. The van der Waals surface area contributed by atoms with E-state index >= 15 is 0 Å². The molecular formula is C21H21NO2. The lowest BCUT2D eigenvalue weighted by Crippen LogP contribution is -2.38. The van der Waals surface area contributed by atoms with Crippen molar-refractivity contribution in [2.45, 2.75) is 39.2 Å². The summed E-state index contributed by atoms with van der Waals surface area (Å²) in [6.07, 6.45) is 0.107. The Hall–Kier alpha value is -2.10. The first-order valence-corrected chi connectivity index (χ1v) is 8.57. The van der Waals surface area contributed by atoms with Gasteiger partial charge in [-0.05, 0) is 38.5 Å². The van der Waals surface area contributed by atoms with Crippen LogP contribution in [0.1, 0.15) is 27.9 Å². The van der Waals surface area contributed by atoms with Crippen molar-refractivity contribution in [1.29, 1.82) is 0 Å². The average molecular weight is 319 g/mol. The molecule has 0 aliphatic carbocycles. The molecule has 0 radical (unpaired) electrons. The van der Waals surface area contributed by atoms with Gasteiger partial charge in [-0.25, -0.2) is 0 Å². The van der Waals surface area contributed by atoms with Crippen LogP contribution >= 0.6 is 0 Å². The quantitative estimate of drug-likeness (QED) is 0.671. The molecule has 3 nitrogen and oxygen atoms in total. The molecule has 2 aromatic carbocycles. The lowest BCUT2D eigenvalue weighted by molar-refractivity contribution is -0.160. The van der Waals surface area contributed by atoms with E-state index in [0.717, 1.165) is 17.8 Å². The highest BCUT2D eigenvalue weighted by Crippen LogP contribution is 2.48. The Balaban J connectivity index is 1.83. The van der Waals surface area contributed by atoms with Crippen LogP contribution in [0.2, 0.25) is 0 Å². The summed E-state index contributed by atoms with van der Waals surface area (Å²) in [5.74, 6) is -0.770. The van der Waals surface area contributed by atoms with Gasteiger partial charge in [0.1, 0.15) is 6.10 Å². The smallest absolute Gasteiger partial charge is 0.238 e. The Morgan fingerprint density at radius 1 is 1.00 bits per heavy atom. The molecule has 122 valence electrons. The van der Waals surface area contributed by atoms with Gasteiger partial charge in [0.15, 0.2) is 0 Å². The largest absolute Gasteiger partial charge is 0.338 e. The maximum absolute atomic E-state index is 6.43. The fourth-order valence-electron chi connectivity index (χ4n) is 4.24. The topological polar surface area (TPSA) is 23.4 Å². The molecule has 24 heavy (non-hydrogen) atoms. The van der Waals surface area contributed by atoms with E-state index < -0.39 is 5.79 Å². The van der Waals surface area contributed by atoms with Crippen molar-refractivity contribution in [2.75, 3.05) is 6.61 Å².